The first kappa shape index (κ1) is 15.2. The highest BCUT2D eigenvalue weighted by Gasteiger charge is 2.48. The summed E-state index contributed by atoms with van der Waals surface area (Å²) in [7, 11) is 0. The van der Waals surface area contributed by atoms with Crippen molar-refractivity contribution >= 4 is 12.2 Å². The molecule has 3 rings (SSSR count). The van der Waals surface area contributed by atoms with Crippen LogP contribution >= 0.6 is 0 Å². The first-order valence-corrected chi connectivity index (χ1v) is 7.40. The Morgan fingerprint density at radius 1 is 1.04 bits per heavy atom. The molecule has 2 unspecified atom stereocenters. The van der Waals surface area contributed by atoms with Crippen LogP contribution in [0.5, 0.6) is 5.75 Å². The third-order valence-corrected chi connectivity index (χ3v) is 4.15. The Labute approximate surface area is 133 Å². The van der Waals surface area contributed by atoms with Crippen LogP contribution in [-0.2, 0) is 9.59 Å². The van der Waals surface area contributed by atoms with Crippen molar-refractivity contribution in [3.8, 4) is 5.75 Å². The number of hydrogen-bond acceptors (Lipinski definition) is 3. The summed E-state index contributed by atoms with van der Waals surface area (Å²) in [6, 6.07) is 12.3. The fourth-order valence-corrected chi connectivity index (χ4v) is 3.03. The minimum absolute atomic E-state index is 0.0727. The van der Waals surface area contributed by atoms with Crippen LogP contribution < -0.4 is 0 Å². The molecule has 5 heteroatoms. The average Bonchev–Trinajstić information content (AvgIpc) is 2.56. The van der Waals surface area contributed by atoms with Gasteiger partial charge in [0.05, 0.1) is 12.0 Å². The van der Waals surface area contributed by atoms with Gasteiger partial charge in [0.25, 0.3) is 0 Å². The van der Waals surface area contributed by atoms with Crippen molar-refractivity contribution < 1.29 is 19.1 Å². The molecule has 0 aliphatic carbocycles. The fraction of sp³-hybridized carbons (Fsp3) is 0.222. The van der Waals surface area contributed by atoms with Gasteiger partial charge in [0.2, 0.25) is 5.91 Å². The number of carbonyl (C=O) groups excluding carboxylic acids is 2. The number of likely N-dealkylation sites (tertiary alicyclic amines) is 1. The van der Waals surface area contributed by atoms with E-state index >= 15 is 0 Å². The number of phenols is 1. The minimum atomic E-state index is -0.396. The molecule has 2 atom stereocenters. The minimum Gasteiger partial charge on any atom is -0.508 e. The Kier molecular flexibility index (Phi) is 4.10. The third kappa shape index (κ3) is 2.82. The van der Waals surface area contributed by atoms with Crippen molar-refractivity contribution in [1.29, 1.82) is 0 Å². The zero-order chi connectivity index (χ0) is 16.4. The van der Waals surface area contributed by atoms with Gasteiger partial charge in [-0.1, -0.05) is 24.3 Å². The van der Waals surface area contributed by atoms with Gasteiger partial charge in [-0.05, 0) is 35.4 Å². The van der Waals surface area contributed by atoms with E-state index in [1.165, 1.54) is 12.1 Å². The van der Waals surface area contributed by atoms with Gasteiger partial charge in [0.15, 0.2) is 0 Å². The van der Waals surface area contributed by atoms with Crippen molar-refractivity contribution in [1.82, 2.24) is 4.90 Å². The SMILES string of the molecule is O=CCCN1C(=O)C(c2ccc(F)cc2)C1c1ccc(O)cc1. The average molecular weight is 313 g/mol. The lowest BCUT2D eigenvalue weighted by Crippen LogP contribution is -2.53. The zero-order valence-corrected chi connectivity index (χ0v) is 12.4. The van der Waals surface area contributed by atoms with Gasteiger partial charge in [0.1, 0.15) is 17.9 Å². The number of β-lactam (4-membered cyclic amide) rings is 1. The summed E-state index contributed by atoms with van der Waals surface area (Å²) < 4.78 is 13.1. The Balaban J connectivity index is 1.93. The lowest BCUT2D eigenvalue weighted by Gasteiger charge is -2.47. The first-order valence-electron chi connectivity index (χ1n) is 7.40. The molecule has 1 N–H and O–H groups in total. The first-order chi connectivity index (χ1) is 11.1. The van der Waals surface area contributed by atoms with Gasteiger partial charge in [-0.3, -0.25) is 4.79 Å². The largest absolute Gasteiger partial charge is 0.508 e. The quantitative estimate of drug-likeness (QED) is 0.682. The van der Waals surface area contributed by atoms with Crippen LogP contribution in [0.1, 0.15) is 29.5 Å². The maximum atomic E-state index is 13.1. The molecule has 0 saturated carbocycles. The lowest BCUT2D eigenvalue weighted by atomic mass is 9.77. The Bertz CT molecular complexity index is 712. The van der Waals surface area contributed by atoms with Crippen LogP contribution in [0, 0.1) is 5.82 Å². The maximum Gasteiger partial charge on any atom is 0.233 e. The summed E-state index contributed by atoms with van der Waals surface area (Å²) in [5.41, 5.74) is 1.62. The van der Waals surface area contributed by atoms with Crippen molar-refractivity contribution in [2.45, 2.75) is 18.4 Å². The summed E-state index contributed by atoms with van der Waals surface area (Å²) in [6.07, 6.45) is 1.06. The van der Waals surface area contributed by atoms with E-state index in [1.807, 2.05) is 0 Å². The highest BCUT2D eigenvalue weighted by atomic mass is 19.1. The standard InChI is InChI=1S/C18H16FNO3/c19-14-6-2-12(3-7-14)16-17(13-4-8-15(22)9-5-13)20(18(16)23)10-1-11-21/h2-9,11,16-17,22H,1,10H2. The van der Waals surface area contributed by atoms with Crippen LogP contribution in [0.2, 0.25) is 0 Å². The number of nitrogens with zero attached hydrogens (tertiary/aromatic N) is 1. The van der Waals surface area contributed by atoms with Crippen LogP contribution in [0.4, 0.5) is 4.39 Å². The second kappa shape index (κ2) is 6.20. The van der Waals surface area contributed by atoms with E-state index in [1.54, 1.807) is 41.3 Å². The lowest BCUT2D eigenvalue weighted by molar-refractivity contribution is -0.150. The normalized spacial score (nSPS) is 20.2. The monoisotopic (exact) mass is 313 g/mol. The second-order valence-electron chi connectivity index (χ2n) is 5.55. The van der Waals surface area contributed by atoms with Gasteiger partial charge < -0.3 is 14.8 Å². The summed E-state index contributed by atoms with van der Waals surface area (Å²) in [4.78, 5) is 24.7. The molecule has 4 nitrogen and oxygen atoms in total. The Morgan fingerprint density at radius 3 is 2.26 bits per heavy atom. The van der Waals surface area contributed by atoms with Crippen molar-refractivity contribution in [3.05, 3.63) is 65.5 Å². The molecule has 1 fully saturated rings. The van der Waals surface area contributed by atoms with E-state index in [2.05, 4.69) is 0 Å². The van der Waals surface area contributed by atoms with Crippen LogP contribution in [0.3, 0.4) is 0 Å². The van der Waals surface area contributed by atoms with E-state index in [9.17, 15) is 19.1 Å². The van der Waals surface area contributed by atoms with E-state index in [0.717, 1.165) is 17.4 Å². The van der Waals surface area contributed by atoms with Gasteiger partial charge in [-0.25, -0.2) is 4.39 Å². The van der Waals surface area contributed by atoms with E-state index in [4.69, 9.17) is 0 Å². The molecule has 0 radical (unpaired) electrons. The molecule has 0 bridgehead atoms. The van der Waals surface area contributed by atoms with Crippen molar-refractivity contribution in [3.63, 3.8) is 0 Å². The molecular formula is C18H16FNO3. The molecule has 1 saturated heterocycles. The smallest absolute Gasteiger partial charge is 0.233 e. The number of aromatic hydroxyl groups is 1. The summed E-state index contributed by atoms with van der Waals surface area (Å²) in [5, 5.41) is 9.43. The number of aldehydes is 1. The highest BCUT2D eigenvalue weighted by molar-refractivity contribution is 5.91. The van der Waals surface area contributed by atoms with Gasteiger partial charge in [0, 0.05) is 13.0 Å². The van der Waals surface area contributed by atoms with Gasteiger partial charge >= 0.3 is 0 Å². The van der Waals surface area contributed by atoms with Crippen LogP contribution in [-0.4, -0.2) is 28.7 Å². The molecule has 0 spiro atoms. The molecule has 1 heterocycles. The number of rotatable bonds is 5. The van der Waals surface area contributed by atoms with E-state index in [-0.39, 0.29) is 29.9 Å². The molecule has 1 aliphatic rings. The number of halogens is 1. The molecule has 2 aromatic carbocycles. The molecule has 23 heavy (non-hydrogen) atoms. The van der Waals surface area contributed by atoms with Gasteiger partial charge in [-0.15, -0.1) is 0 Å². The predicted molar refractivity (Wildman–Crippen MR) is 82.4 cm³/mol. The fourth-order valence-electron chi connectivity index (χ4n) is 3.03. The zero-order valence-electron chi connectivity index (χ0n) is 12.4. The number of amides is 1. The maximum absolute atomic E-state index is 13.1. The molecule has 1 aliphatic heterocycles. The van der Waals surface area contributed by atoms with Crippen LogP contribution in [0.15, 0.2) is 48.5 Å². The van der Waals surface area contributed by atoms with E-state index in [0.29, 0.717) is 6.54 Å². The summed E-state index contributed by atoms with van der Waals surface area (Å²) >= 11 is 0. The number of phenolic OH excluding ortho intramolecular Hbond substituents is 1. The predicted octanol–water partition coefficient (Wildman–Crippen LogP) is 2.79. The number of benzene rings is 2. The third-order valence-electron chi connectivity index (χ3n) is 4.15. The topological polar surface area (TPSA) is 57.6 Å². The van der Waals surface area contributed by atoms with Gasteiger partial charge in [-0.2, -0.15) is 0 Å². The van der Waals surface area contributed by atoms with Crippen LogP contribution in [0.25, 0.3) is 0 Å². The van der Waals surface area contributed by atoms with Crippen molar-refractivity contribution in [2.24, 2.45) is 0 Å². The highest BCUT2D eigenvalue weighted by Crippen LogP contribution is 2.46. The summed E-state index contributed by atoms with van der Waals surface area (Å²) in [5.74, 6) is -0.667. The molecule has 2 aromatic rings. The molecule has 0 aromatic heterocycles. The Morgan fingerprint density at radius 2 is 1.65 bits per heavy atom. The molecule has 1 amide bonds. The molecular weight excluding hydrogens is 297 g/mol. The van der Waals surface area contributed by atoms with E-state index < -0.39 is 5.92 Å². The number of hydrogen-bond donors (Lipinski definition) is 1. The second-order valence-corrected chi connectivity index (χ2v) is 5.55. The number of carbonyl (C=O) groups is 2. The molecule has 118 valence electrons. The van der Waals surface area contributed by atoms with Crippen molar-refractivity contribution in [2.75, 3.05) is 6.54 Å². The Hall–Kier alpha value is -2.69. The summed E-state index contributed by atoms with van der Waals surface area (Å²) in [6.45, 7) is 0.353.